The van der Waals surface area contributed by atoms with Gasteiger partial charge in [0.1, 0.15) is 10.8 Å². The third-order valence-corrected chi connectivity index (χ3v) is 6.14. The lowest BCUT2D eigenvalue weighted by atomic mass is 10.1. The predicted octanol–water partition coefficient (Wildman–Crippen LogP) is 4.09. The number of rotatable bonds is 5. The topological polar surface area (TPSA) is 45.7 Å². The van der Waals surface area contributed by atoms with Crippen molar-refractivity contribution in [3.8, 4) is 16.3 Å². The van der Waals surface area contributed by atoms with Gasteiger partial charge in [0.2, 0.25) is 0 Å². The van der Waals surface area contributed by atoms with Crippen LogP contribution < -0.4 is 4.74 Å². The summed E-state index contributed by atoms with van der Waals surface area (Å²) in [5.41, 5.74) is 4.09. The van der Waals surface area contributed by atoms with Gasteiger partial charge in [-0.15, -0.1) is 11.3 Å². The first-order valence-corrected chi connectivity index (χ1v) is 10.7. The first kappa shape index (κ1) is 19.6. The lowest BCUT2D eigenvalue weighted by molar-refractivity contribution is 0.0627. The number of carbonyl (C=O) groups is 1. The van der Waals surface area contributed by atoms with E-state index in [4.69, 9.17) is 9.72 Å². The van der Waals surface area contributed by atoms with Gasteiger partial charge in [-0.2, -0.15) is 0 Å². The van der Waals surface area contributed by atoms with Crippen LogP contribution in [-0.4, -0.2) is 54.0 Å². The Morgan fingerprint density at radius 1 is 1.10 bits per heavy atom. The molecule has 4 rings (SSSR count). The number of aromatic nitrogens is 1. The highest BCUT2D eigenvalue weighted by atomic mass is 32.1. The molecule has 1 aliphatic rings. The Hall–Kier alpha value is -2.70. The molecular weight excluding hydrogens is 382 g/mol. The summed E-state index contributed by atoms with van der Waals surface area (Å²) in [6.45, 7) is 6.08. The molecule has 1 fully saturated rings. The largest absolute Gasteiger partial charge is 0.497 e. The third-order valence-electron chi connectivity index (χ3n) is 5.20. The number of benzene rings is 2. The number of thiazole rings is 1. The van der Waals surface area contributed by atoms with Gasteiger partial charge in [-0.1, -0.05) is 17.7 Å². The summed E-state index contributed by atoms with van der Waals surface area (Å²) in [7, 11) is 1.67. The molecule has 0 bridgehead atoms. The average Bonchev–Trinajstić information content (AvgIpc) is 3.22. The minimum Gasteiger partial charge on any atom is -0.497 e. The average molecular weight is 408 g/mol. The standard InChI is InChI=1S/C23H25N3O2S/c1-17-4-3-5-19(14-17)23(27)26-12-10-25(11-13-26)15-20-16-29-22(24-20)18-6-8-21(28-2)9-7-18/h3-9,14,16H,10-13,15H2,1-2H3. The summed E-state index contributed by atoms with van der Waals surface area (Å²) in [5.74, 6) is 0.979. The van der Waals surface area contributed by atoms with Gasteiger partial charge in [0.05, 0.1) is 12.8 Å². The maximum Gasteiger partial charge on any atom is 0.253 e. The molecule has 6 heteroatoms. The fraction of sp³-hybridized carbons (Fsp3) is 0.304. The Morgan fingerprint density at radius 3 is 2.55 bits per heavy atom. The van der Waals surface area contributed by atoms with Crippen LogP contribution >= 0.6 is 11.3 Å². The number of nitrogens with zero attached hydrogens (tertiary/aromatic N) is 3. The second-order valence-corrected chi connectivity index (χ2v) is 8.17. The maximum absolute atomic E-state index is 12.7. The fourth-order valence-electron chi connectivity index (χ4n) is 3.54. The number of hydrogen-bond donors (Lipinski definition) is 0. The highest BCUT2D eigenvalue weighted by Gasteiger charge is 2.22. The highest BCUT2D eigenvalue weighted by molar-refractivity contribution is 7.13. The predicted molar refractivity (Wildman–Crippen MR) is 116 cm³/mol. The van der Waals surface area contributed by atoms with Crippen molar-refractivity contribution >= 4 is 17.2 Å². The molecule has 0 N–H and O–H groups in total. The molecule has 1 amide bonds. The summed E-state index contributed by atoms with van der Waals surface area (Å²) < 4.78 is 5.22. The number of amides is 1. The molecule has 150 valence electrons. The van der Waals surface area contributed by atoms with E-state index >= 15 is 0 Å². The van der Waals surface area contributed by atoms with Gasteiger partial charge in [0.15, 0.2) is 0 Å². The van der Waals surface area contributed by atoms with Gasteiger partial charge in [-0.3, -0.25) is 9.69 Å². The monoisotopic (exact) mass is 407 g/mol. The fourth-order valence-corrected chi connectivity index (χ4v) is 4.36. The summed E-state index contributed by atoms with van der Waals surface area (Å²) in [4.78, 5) is 21.8. The van der Waals surface area contributed by atoms with Gasteiger partial charge in [0, 0.05) is 49.2 Å². The molecule has 0 saturated carbocycles. The van der Waals surface area contributed by atoms with E-state index in [1.54, 1.807) is 18.4 Å². The zero-order valence-corrected chi connectivity index (χ0v) is 17.6. The van der Waals surface area contributed by atoms with E-state index in [9.17, 15) is 4.79 Å². The van der Waals surface area contributed by atoms with Crippen LogP contribution in [0, 0.1) is 6.92 Å². The van der Waals surface area contributed by atoms with Gasteiger partial charge >= 0.3 is 0 Å². The first-order chi connectivity index (χ1) is 14.1. The normalized spacial score (nSPS) is 14.8. The molecule has 29 heavy (non-hydrogen) atoms. The van der Waals surface area contributed by atoms with Crippen molar-refractivity contribution < 1.29 is 9.53 Å². The summed E-state index contributed by atoms with van der Waals surface area (Å²) in [6.07, 6.45) is 0. The molecule has 1 saturated heterocycles. The van der Waals surface area contributed by atoms with E-state index in [-0.39, 0.29) is 5.91 Å². The number of aryl methyl sites for hydroxylation is 1. The number of carbonyl (C=O) groups excluding carboxylic acids is 1. The van der Waals surface area contributed by atoms with Gasteiger partial charge in [-0.05, 0) is 43.3 Å². The van der Waals surface area contributed by atoms with Crippen LogP contribution in [0.2, 0.25) is 0 Å². The zero-order valence-electron chi connectivity index (χ0n) is 16.8. The molecule has 0 aliphatic carbocycles. The van der Waals surface area contributed by atoms with Crippen LogP contribution in [0.3, 0.4) is 0 Å². The molecule has 1 aliphatic heterocycles. The molecule has 0 unspecified atom stereocenters. The van der Waals surface area contributed by atoms with Crippen LogP contribution in [-0.2, 0) is 6.54 Å². The summed E-state index contributed by atoms with van der Waals surface area (Å²) in [5, 5.41) is 3.15. The lowest BCUT2D eigenvalue weighted by Gasteiger charge is -2.34. The molecule has 0 radical (unpaired) electrons. The first-order valence-electron chi connectivity index (χ1n) is 9.79. The highest BCUT2D eigenvalue weighted by Crippen LogP contribution is 2.26. The summed E-state index contributed by atoms with van der Waals surface area (Å²) in [6, 6.07) is 15.8. The van der Waals surface area contributed by atoms with E-state index in [0.29, 0.717) is 0 Å². The molecule has 0 spiro atoms. The van der Waals surface area contributed by atoms with Crippen molar-refractivity contribution in [3.63, 3.8) is 0 Å². The van der Waals surface area contributed by atoms with Crippen molar-refractivity contribution in [2.75, 3.05) is 33.3 Å². The van der Waals surface area contributed by atoms with Crippen molar-refractivity contribution in [2.45, 2.75) is 13.5 Å². The van der Waals surface area contributed by atoms with E-state index < -0.39 is 0 Å². The Morgan fingerprint density at radius 2 is 1.86 bits per heavy atom. The van der Waals surface area contributed by atoms with Gasteiger partial charge in [-0.25, -0.2) is 4.98 Å². The second-order valence-electron chi connectivity index (χ2n) is 7.31. The SMILES string of the molecule is COc1ccc(-c2nc(CN3CCN(C(=O)c4cccc(C)c4)CC3)cs2)cc1. The second kappa shape index (κ2) is 8.76. The Labute approximate surface area is 175 Å². The summed E-state index contributed by atoms with van der Waals surface area (Å²) >= 11 is 1.67. The van der Waals surface area contributed by atoms with Crippen LogP contribution in [0.4, 0.5) is 0 Å². The quantitative estimate of drug-likeness (QED) is 0.639. The minimum atomic E-state index is 0.129. The lowest BCUT2D eigenvalue weighted by Crippen LogP contribution is -2.48. The zero-order chi connectivity index (χ0) is 20.2. The van der Waals surface area contributed by atoms with Crippen LogP contribution in [0.1, 0.15) is 21.6 Å². The Kier molecular flexibility index (Phi) is 5.92. The molecule has 0 atom stereocenters. The maximum atomic E-state index is 12.7. The van der Waals surface area contributed by atoms with Crippen molar-refractivity contribution in [2.24, 2.45) is 0 Å². The van der Waals surface area contributed by atoms with E-state index in [1.165, 1.54) is 0 Å². The van der Waals surface area contributed by atoms with Gasteiger partial charge < -0.3 is 9.64 Å². The van der Waals surface area contributed by atoms with Crippen molar-refractivity contribution in [3.05, 3.63) is 70.7 Å². The van der Waals surface area contributed by atoms with Crippen molar-refractivity contribution in [1.29, 1.82) is 0 Å². The number of piperazine rings is 1. The minimum absolute atomic E-state index is 0.129. The number of hydrogen-bond acceptors (Lipinski definition) is 5. The van der Waals surface area contributed by atoms with E-state index in [1.807, 2.05) is 60.4 Å². The Bertz CT molecular complexity index is 976. The van der Waals surface area contributed by atoms with Crippen LogP contribution in [0.25, 0.3) is 10.6 Å². The molecule has 1 aromatic heterocycles. The molecule has 5 nitrogen and oxygen atoms in total. The Balaban J connectivity index is 1.33. The van der Waals surface area contributed by atoms with Crippen LogP contribution in [0.15, 0.2) is 53.9 Å². The van der Waals surface area contributed by atoms with E-state index in [2.05, 4.69) is 10.3 Å². The number of methoxy groups -OCH3 is 1. The molecule has 2 aromatic carbocycles. The van der Waals surface area contributed by atoms with Crippen molar-refractivity contribution in [1.82, 2.24) is 14.8 Å². The smallest absolute Gasteiger partial charge is 0.253 e. The number of ether oxygens (including phenoxy) is 1. The molecule has 2 heterocycles. The third kappa shape index (κ3) is 4.66. The van der Waals surface area contributed by atoms with Gasteiger partial charge in [0.25, 0.3) is 5.91 Å². The van der Waals surface area contributed by atoms with E-state index in [0.717, 1.165) is 65.9 Å². The van der Waals surface area contributed by atoms with Crippen LogP contribution in [0.5, 0.6) is 5.75 Å². The molecule has 3 aromatic rings. The molecular formula is C23H25N3O2S.